The monoisotopic (exact) mass is 238 g/mol. The molecule has 0 N–H and O–H groups in total. The number of carbonyl (C=O) groups is 1. The van der Waals surface area contributed by atoms with E-state index in [1.165, 1.54) is 0 Å². The molecule has 0 spiro atoms. The Morgan fingerprint density at radius 1 is 1.46 bits per heavy atom. The van der Waals surface area contributed by atoms with Gasteiger partial charge in [0, 0.05) is 10.0 Å². The van der Waals surface area contributed by atoms with Gasteiger partial charge in [0.25, 0.3) is 0 Å². The Morgan fingerprint density at radius 2 is 2.23 bits per heavy atom. The molecule has 1 heterocycles. The average molecular weight is 239 g/mol. The Balaban J connectivity index is 2.55. The van der Waals surface area contributed by atoms with Gasteiger partial charge in [-0.25, -0.2) is 0 Å². The van der Waals surface area contributed by atoms with Gasteiger partial charge in [-0.15, -0.1) is 0 Å². The fraction of sp³-hybridized carbons (Fsp3) is 0.100. The van der Waals surface area contributed by atoms with Gasteiger partial charge in [-0.3, -0.25) is 4.79 Å². The number of halogens is 1. The first kappa shape index (κ1) is 8.51. The van der Waals surface area contributed by atoms with E-state index in [1.807, 2.05) is 12.1 Å². The number of rotatable bonds is 0. The average Bonchev–Trinajstić information content (AvgIpc) is 2.06. The molecular weight excluding hydrogens is 232 g/mol. The minimum atomic E-state index is -0.236. The van der Waals surface area contributed by atoms with Crippen LogP contribution < -0.4 is 4.74 Å². The molecule has 1 aromatic rings. The lowest BCUT2D eigenvalue weighted by molar-refractivity contribution is -0.133. The van der Waals surface area contributed by atoms with Crippen molar-refractivity contribution in [3.63, 3.8) is 0 Å². The summed E-state index contributed by atoms with van der Waals surface area (Å²) in [6.07, 6.45) is 0.281. The third-order valence-corrected chi connectivity index (χ3v) is 2.40. The summed E-state index contributed by atoms with van der Waals surface area (Å²) in [5.74, 6) is 0.365. The Hall–Kier alpha value is -1.09. The van der Waals surface area contributed by atoms with Crippen LogP contribution in [0.2, 0.25) is 0 Å². The second-order valence-electron chi connectivity index (χ2n) is 2.89. The molecule has 0 bridgehead atoms. The lowest BCUT2D eigenvalue weighted by Crippen LogP contribution is -2.14. The minimum absolute atomic E-state index is 0.236. The molecule has 1 aromatic carbocycles. The first-order valence-corrected chi connectivity index (χ1v) is 4.64. The summed E-state index contributed by atoms with van der Waals surface area (Å²) in [7, 11) is 0. The Morgan fingerprint density at radius 3 is 3.00 bits per heavy atom. The number of fused-ring (bicyclic) bond motifs is 1. The molecule has 2 rings (SSSR count). The van der Waals surface area contributed by atoms with Crippen molar-refractivity contribution in [1.82, 2.24) is 0 Å². The smallest absolute Gasteiger partial charge is 0.315 e. The van der Waals surface area contributed by atoms with E-state index in [0.29, 0.717) is 5.75 Å². The van der Waals surface area contributed by atoms with E-state index in [2.05, 4.69) is 22.5 Å². The van der Waals surface area contributed by atoms with E-state index < -0.39 is 0 Å². The molecule has 13 heavy (non-hydrogen) atoms. The summed E-state index contributed by atoms with van der Waals surface area (Å²) in [5, 5.41) is 0. The largest absolute Gasteiger partial charge is 0.426 e. The maximum atomic E-state index is 11.0. The molecular formula is C10H7BrO2. The van der Waals surface area contributed by atoms with Crippen molar-refractivity contribution in [3.8, 4) is 5.75 Å². The van der Waals surface area contributed by atoms with E-state index in [4.69, 9.17) is 4.74 Å². The van der Waals surface area contributed by atoms with Crippen molar-refractivity contribution in [2.75, 3.05) is 0 Å². The highest BCUT2D eigenvalue weighted by Crippen LogP contribution is 2.34. The predicted molar refractivity (Wildman–Crippen MR) is 53.4 cm³/mol. The molecule has 1 aliphatic rings. The molecule has 0 atom stereocenters. The van der Waals surface area contributed by atoms with E-state index in [0.717, 1.165) is 15.6 Å². The van der Waals surface area contributed by atoms with Crippen LogP contribution >= 0.6 is 15.9 Å². The molecule has 0 saturated carbocycles. The summed E-state index contributed by atoms with van der Waals surface area (Å²) in [6.45, 7) is 3.83. The molecule has 0 unspecified atom stereocenters. The molecule has 1 aliphatic heterocycles. The van der Waals surface area contributed by atoms with Gasteiger partial charge in [0.2, 0.25) is 0 Å². The normalized spacial score (nSPS) is 15.2. The predicted octanol–water partition coefficient (Wildman–Crippen LogP) is 2.77. The fourth-order valence-electron chi connectivity index (χ4n) is 1.30. The van der Waals surface area contributed by atoms with Crippen LogP contribution in [0, 0.1) is 0 Å². The zero-order valence-electron chi connectivity index (χ0n) is 6.84. The molecule has 0 amide bonds. The summed E-state index contributed by atoms with van der Waals surface area (Å²) in [6, 6.07) is 5.51. The standard InChI is InChI=1S/C10H7BrO2/c1-6-4-10(12)13-9-3-2-7(11)5-8(6)9/h2-3,5H,1,4H2. The van der Waals surface area contributed by atoms with Crippen LogP contribution in [0.5, 0.6) is 5.75 Å². The SMILES string of the molecule is C=C1CC(=O)Oc2ccc(Br)cc21. The quantitative estimate of drug-likeness (QED) is 0.514. The van der Waals surface area contributed by atoms with Crippen molar-refractivity contribution >= 4 is 27.5 Å². The zero-order valence-corrected chi connectivity index (χ0v) is 8.43. The van der Waals surface area contributed by atoms with E-state index in [-0.39, 0.29) is 12.4 Å². The van der Waals surface area contributed by atoms with Crippen molar-refractivity contribution in [1.29, 1.82) is 0 Å². The zero-order chi connectivity index (χ0) is 9.42. The third kappa shape index (κ3) is 1.52. The van der Waals surface area contributed by atoms with Crippen molar-refractivity contribution in [3.05, 3.63) is 34.8 Å². The Labute approximate surface area is 84.3 Å². The van der Waals surface area contributed by atoms with Gasteiger partial charge >= 0.3 is 5.97 Å². The van der Waals surface area contributed by atoms with Crippen LogP contribution in [0.25, 0.3) is 5.57 Å². The number of ether oxygens (including phenoxy) is 1. The summed E-state index contributed by atoms with van der Waals surface area (Å²) < 4.78 is 6.00. The van der Waals surface area contributed by atoms with Gasteiger partial charge in [0.05, 0.1) is 6.42 Å². The van der Waals surface area contributed by atoms with Crippen LogP contribution in [0.15, 0.2) is 29.3 Å². The summed E-state index contributed by atoms with van der Waals surface area (Å²) in [5.41, 5.74) is 1.72. The second-order valence-corrected chi connectivity index (χ2v) is 3.81. The van der Waals surface area contributed by atoms with Gasteiger partial charge in [0.15, 0.2) is 0 Å². The highest BCUT2D eigenvalue weighted by Gasteiger charge is 2.19. The van der Waals surface area contributed by atoms with Crippen molar-refractivity contribution in [2.45, 2.75) is 6.42 Å². The lowest BCUT2D eigenvalue weighted by Gasteiger charge is -2.17. The van der Waals surface area contributed by atoms with E-state index >= 15 is 0 Å². The molecule has 0 radical (unpaired) electrons. The highest BCUT2D eigenvalue weighted by molar-refractivity contribution is 9.10. The molecule has 0 saturated heterocycles. The summed E-state index contributed by atoms with van der Waals surface area (Å²) >= 11 is 3.35. The second kappa shape index (κ2) is 3.00. The maximum Gasteiger partial charge on any atom is 0.315 e. The first-order chi connectivity index (χ1) is 6.16. The minimum Gasteiger partial charge on any atom is -0.426 e. The highest BCUT2D eigenvalue weighted by atomic mass is 79.9. The van der Waals surface area contributed by atoms with Crippen LogP contribution in [0.4, 0.5) is 0 Å². The van der Waals surface area contributed by atoms with Crippen molar-refractivity contribution < 1.29 is 9.53 Å². The number of benzene rings is 1. The van der Waals surface area contributed by atoms with Gasteiger partial charge < -0.3 is 4.74 Å². The molecule has 0 aliphatic carbocycles. The number of hydrogen-bond acceptors (Lipinski definition) is 2. The fourth-order valence-corrected chi connectivity index (χ4v) is 1.66. The first-order valence-electron chi connectivity index (χ1n) is 3.85. The molecule has 0 aromatic heterocycles. The lowest BCUT2D eigenvalue weighted by atomic mass is 10.0. The topological polar surface area (TPSA) is 26.3 Å². The molecule has 3 heteroatoms. The van der Waals surface area contributed by atoms with Gasteiger partial charge in [0.1, 0.15) is 5.75 Å². The Kier molecular flexibility index (Phi) is 1.96. The molecule has 0 fully saturated rings. The van der Waals surface area contributed by atoms with Crippen LogP contribution in [-0.4, -0.2) is 5.97 Å². The van der Waals surface area contributed by atoms with E-state index in [9.17, 15) is 4.79 Å². The Bertz CT molecular complexity index is 396. The van der Waals surface area contributed by atoms with Crippen molar-refractivity contribution in [2.24, 2.45) is 0 Å². The molecule has 66 valence electrons. The van der Waals surface area contributed by atoms with Gasteiger partial charge in [-0.05, 0) is 23.8 Å². The maximum absolute atomic E-state index is 11.0. The molecule has 2 nitrogen and oxygen atoms in total. The van der Waals surface area contributed by atoms with E-state index in [1.54, 1.807) is 6.07 Å². The third-order valence-electron chi connectivity index (χ3n) is 1.90. The number of hydrogen-bond donors (Lipinski definition) is 0. The van der Waals surface area contributed by atoms with Gasteiger partial charge in [-0.2, -0.15) is 0 Å². The van der Waals surface area contributed by atoms with Crippen LogP contribution in [-0.2, 0) is 4.79 Å². The van der Waals surface area contributed by atoms with Gasteiger partial charge in [-0.1, -0.05) is 22.5 Å². The number of esters is 1. The van der Waals surface area contributed by atoms with Crippen LogP contribution in [0.3, 0.4) is 0 Å². The van der Waals surface area contributed by atoms with Crippen LogP contribution in [0.1, 0.15) is 12.0 Å². The summed E-state index contributed by atoms with van der Waals surface area (Å²) in [4.78, 5) is 11.0. The number of carbonyl (C=O) groups excluding carboxylic acids is 1.